The number of nitrogens with zero attached hydrogens (tertiary/aromatic N) is 3. The Bertz CT molecular complexity index is 1300. The predicted molar refractivity (Wildman–Crippen MR) is 115 cm³/mol. The summed E-state index contributed by atoms with van der Waals surface area (Å²) in [7, 11) is 3.02. The summed E-state index contributed by atoms with van der Waals surface area (Å²) in [5.74, 6) is 0.265. The van der Waals surface area contributed by atoms with E-state index >= 15 is 0 Å². The first-order chi connectivity index (χ1) is 15.0. The van der Waals surface area contributed by atoms with Gasteiger partial charge in [-0.1, -0.05) is 0 Å². The van der Waals surface area contributed by atoms with Crippen LogP contribution in [0.15, 0.2) is 53.6 Å². The zero-order valence-corrected chi connectivity index (χ0v) is 17.4. The molecule has 31 heavy (non-hydrogen) atoms. The molecule has 0 unspecified atom stereocenters. The maximum Gasteiger partial charge on any atom is 0.273 e. The van der Waals surface area contributed by atoms with E-state index in [-0.39, 0.29) is 17.9 Å². The van der Waals surface area contributed by atoms with Crippen LogP contribution in [-0.4, -0.2) is 34.1 Å². The SMILES string of the molecule is COc1cc(NC(=O)Cn2cnc3c(-c4ccc(F)cc4)nsc3c2=O)cc(OC)c1. The zero-order valence-electron chi connectivity index (χ0n) is 16.6. The Morgan fingerprint density at radius 1 is 1.13 bits per heavy atom. The molecular formula is C21H17FN4O4S. The highest BCUT2D eigenvalue weighted by Crippen LogP contribution is 2.28. The summed E-state index contributed by atoms with van der Waals surface area (Å²) in [5.41, 5.74) is 1.66. The molecule has 8 nitrogen and oxygen atoms in total. The average molecular weight is 440 g/mol. The molecule has 4 aromatic rings. The Hall–Kier alpha value is -3.79. The first-order valence-electron chi connectivity index (χ1n) is 9.12. The van der Waals surface area contributed by atoms with Crippen LogP contribution in [0.3, 0.4) is 0 Å². The number of carbonyl (C=O) groups is 1. The molecule has 4 rings (SSSR count). The molecule has 0 aliphatic heterocycles. The van der Waals surface area contributed by atoms with Gasteiger partial charge in [-0.2, -0.15) is 4.37 Å². The number of hydrogen-bond donors (Lipinski definition) is 1. The van der Waals surface area contributed by atoms with Crippen molar-refractivity contribution in [3.8, 4) is 22.8 Å². The monoisotopic (exact) mass is 440 g/mol. The van der Waals surface area contributed by atoms with Gasteiger partial charge in [0.15, 0.2) is 0 Å². The number of nitrogens with one attached hydrogen (secondary N) is 1. The smallest absolute Gasteiger partial charge is 0.273 e. The lowest BCUT2D eigenvalue weighted by molar-refractivity contribution is -0.116. The van der Waals surface area contributed by atoms with Gasteiger partial charge in [-0.3, -0.25) is 14.2 Å². The Balaban J connectivity index is 1.58. The third-order valence-electron chi connectivity index (χ3n) is 4.52. The molecule has 2 aromatic heterocycles. The fourth-order valence-electron chi connectivity index (χ4n) is 3.00. The summed E-state index contributed by atoms with van der Waals surface area (Å²) < 4.78 is 29.4. The molecule has 1 N–H and O–H groups in total. The Labute approximate surface area is 180 Å². The van der Waals surface area contributed by atoms with E-state index in [0.29, 0.717) is 38.7 Å². The van der Waals surface area contributed by atoms with Gasteiger partial charge in [0.2, 0.25) is 5.91 Å². The molecule has 0 atom stereocenters. The van der Waals surface area contributed by atoms with E-state index in [9.17, 15) is 14.0 Å². The van der Waals surface area contributed by atoms with Gasteiger partial charge in [0.05, 0.1) is 20.5 Å². The number of anilines is 1. The maximum absolute atomic E-state index is 13.2. The number of rotatable bonds is 6. The van der Waals surface area contributed by atoms with Crippen LogP contribution in [0.5, 0.6) is 11.5 Å². The van der Waals surface area contributed by atoms with Crippen molar-refractivity contribution in [2.24, 2.45) is 0 Å². The summed E-state index contributed by atoms with van der Waals surface area (Å²) in [6, 6.07) is 10.8. The minimum atomic E-state index is -0.415. The minimum absolute atomic E-state index is 0.231. The van der Waals surface area contributed by atoms with Gasteiger partial charge in [-0.15, -0.1) is 0 Å². The van der Waals surface area contributed by atoms with Crippen molar-refractivity contribution >= 4 is 33.3 Å². The third-order valence-corrected chi connectivity index (χ3v) is 5.34. The van der Waals surface area contributed by atoms with Crippen molar-refractivity contribution in [2.45, 2.75) is 6.54 Å². The van der Waals surface area contributed by atoms with Crippen molar-refractivity contribution in [3.05, 3.63) is 65.0 Å². The van der Waals surface area contributed by atoms with E-state index in [1.165, 1.54) is 37.2 Å². The highest BCUT2D eigenvalue weighted by molar-refractivity contribution is 7.13. The standard InChI is InChI=1S/C21H17FN4O4S/c1-29-15-7-14(8-16(9-15)30-2)24-17(27)10-26-11-23-19-18(25-31-20(19)21(26)28)12-3-5-13(22)6-4-12/h3-9,11H,10H2,1-2H3,(H,24,27). The number of benzene rings is 2. The largest absolute Gasteiger partial charge is 0.497 e. The minimum Gasteiger partial charge on any atom is -0.497 e. The second-order valence-corrected chi connectivity index (χ2v) is 7.32. The number of fused-ring (bicyclic) bond motifs is 1. The van der Waals surface area contributed by atoms with Gasteiger partial charge in [-0.05, 0) is 35.8 Å². The quantitative estimate of drug-likeness (QED) is 0.494. The molecule has 0 aliphatic carbocycles. The molecule has 0 fully saturated rings. The molecule has 2 aromatic carbocycles. The molecule has 0 bridgehead atoms. The second-order valence-electron chi connectivity index (χ2n) is 6.54. The van der Waals surface area contributed by atoms with Crippen LogP contribution < -0.4 is 20.3 Å². The Kier molecular flexibility index (Phi) is 5.63. The summed E-state index contributed by atoms with van der Waals surface area (Å²) in [6.45, 7) is -0.231. The van der Waals surface area contributed by atoms with E-state index in [4.69, 9.17) is 9.47 Å². The van der Waals surface area contributed by atoms with E-state index in [2.05, 4.69) is 14.7 Å². The van der Waals surface area contributed by atoms with E-state index in [0.717, 1.165) is 11.5 Å². The first kappa shape index (κ1) is 20.5. The van der Waals surface area contributed by atoms with Crippen LogP contribution in [-0.2, 0) is 11.3 Å². The van der Waals surface area contributed by atoms with Crippen LogP contribution in [0.4, 0.5) is 10.1 Å². The van der Waals surface area contributed by atoms with Crippen molar-refractivity contribution < 1.29 is 18.7 Å². The van der Waals surface area contributed by atoms with E-state index in [1.807, 2.05) is 0 Å². The third kappa shape index (κ3) is 4.24. The summed E-state index contributed by atoms with van der Waals surface area (Å²) in [6.07, 6.45) is 1.30. The number of hydrogen-bond acceptors (Lipinski definition) is 7. The summed E-state index contributed by atoms with van der Waals surface area (Å²) in [4.78, 5) is 29.6. The van der Waals surface area contributed by atoms with Gasteiger partial charge < -0.3 is 14.8 Å². The lowest BCUT2D eigenvalue weighted by Crippen LogP contribution is -2.27. The molecule has 0 aliphatic rings. The molecule has 10 heteroatoms. The Morgan fingerprint density at radius 2 is 1.81 bits per heavy atom. The van der Waals surface area contributed by atoms with Crippen molar-refractivity contribution in [2.75, 3.05) is 19.5 Å². The van der Waals surface area contributed by atoms with Gasteiger partial charge in [0.1, 0.15) is 39.8 Å². The van der Waals surface area contributed by atoms with Crippen LogP contribution in [0.2, 0.25) is 0 Å². The molecule has 0 spiro atoms. The van der Waals surface area contributed by atoms with Gasteiger partial charge in [-0.25, -0.2) is 9.37 Å². The van der Waals surface area contributed by atoms with Gasteiger partial charge in [0, 0.05) is 29.4 Å². The van der Waals surface area contributed by atoms with Crippen LogP contribution in [0.25, 0.3) is 21.5 Å². The predicted octanol–water partition coefficient (Wildman–Crippen LogP) is 3.32. The van der Waals surface area contributed by atoms with Gasteiger partial charge >= 0.3 is 0 Å². The lowest BCUT2D eigenvalue weighted by atomic mass is 10.1. The van der Waals surface area contributed by atoms with E-state index in [1.54, 1.807) is 30.3 Å². The summed E-state index contributed by atoms with van der Waals surface area (Å²) >= 11 is 0.990. The summed E-state index contributed by atoms with van der Waals surface area (Å²) in [5, 5.41) is 2.72. The van der Waals surface area contributed by atoms with Crippen molar-refractivity contribution in [1.82, 2.24) is 13.9 Å². The molecule has 158 valence electrons. The number of amides is 1. The molecule has 0 radical (unpaired) electrons. The van der Waals surface area contributed by atoms with Crippen LogP contribution >= 0.6 is 11.5 Å². The molecule has 1 amide bonds. The second kappa shape index (κ2) is 8.52. The number of methoxy groups -OCH3 is 2. The van der Waals surface area contributed by atoms with Crippen molar-refractivity contribution in [3.63, 3.8) is 0 Å². The fraction of sp³-hybridized carbons (Fsp3) is 0.143. The number of ether oxygens (including phenoxy) is 2. The number of aromatic nitrogens is 3. The van der Waals surface area contributed by atoms with Crippen molar-refractivity contribution in [1.29, 1.82) is 0 Å². The molecular weight excluding hydrogens is 423 g/mol. The topological polar surface area (TPSA) is 95.3 Å². The number of halogens is 1. The highest BCUT2D eigenvalue weighted by Gasteiger charge is 2.16. The normalized spacial score (nSPS) is 10.8. The molecule has 2 heterocycles. The number of carbonyl (C=O) groups excluding carboxylic acids is 1. The maximum atomic E-state index is 13.2. The van der Waals surface area contributed by atoms with E-state index < -0.39 is 5.91 Å². The molecule has 0 saturated carbocycles. The van der Waals surface area contributed by atoms with Crippen LogP contribution in [0, 0.1) is 5.82 Å². The Morgan fingerprint density at radius 3 is 2.45 bits per heavy atom. The highest BCUT2D eigenvalue weighted by atomic mass is 32.1. The lowest BCUT2D eigenvalue weighted by Gasteiger charge is -2.10. The molecule has 0 saturated heterocycles. The average Bonchev–Trinajstić information content (AvgIpc) is 3.20. The first-order valence-corrected chi connectivity index (χ1v) is 9.89. The zero-order chi connectivity index (χ0) is 22.0. The van der Waals surface area contributed by atoms with Gasteiger partial charge in [0.25, 0.3) is 5.56 Å². The van der Waals surface area contributed by atoms with Crippen LogP contribution in [0.1, 0.15) is 0 Å². The fourth-order valence-corrected chi connectivity index (χ4v) is 3.81.